The zero-order valence-electron chi connectivity index (χ0n) is 5.93. The first-order valence-corrected chi connectivity index (χ1v) is 3.80. The lowest BCUT2D eigenvalue weighted by Gasteiger charge is -2.12. The van der Waals surface area contributed by atoms with Crippen LogP contribution in [0.3, 0.4) is 0 Å². The maximum Gasteiger partial charge on any atom is 0.0436 e. The highest BCUT2D eigenvalue weighted by molar-refractivity contribution is 5.21. The minimum atomic E-state index is 1.17. The molecule has 0 unspecified atom stereocenters. The molecule has 0 fully saturated rings. The summed E-state index contributed by atoms with van der Waals surface area (Å²) in [7, 11) is 0. The molecule has 0 aliphatic heterocycles. The highest BCUT2D eigenvalue weighted by atomic mass is 14.7. The van der Waals surface area contributed by atoms with Crippen LogP contribution < -0.4 is 0 Å². The van der Waals surface area contributed by atoms with Crippen molar-refractivity contribution >= 4 is 0 Å². The third kappa shape index (κ3) is 0.919. The van der Waals surface area contributed by atoms with E-state index >= 15 is 0 Å². The Hall–Kier alpha value is -0.850. The molecule has 1 radical (unpaired) electrons. The zero-order chi connectivity index (χ0) is 6.81. The molecule has 1 aliphatic carbocycles. The molecule has 2 rings (SSSR count). The van der Waals surface area contributed by atoms with Crippen molar-refractivity contribution in [2.75, 3.05) is 0 Å². The summed E-state index contributed by atoms with van der Waals surface area (Å²) in [6.45, 7) is 0. The van der Waals surface area contributed by atoms with E-state index in [2.05, 4.69) is 17.1 Å². The lowest BCUT2D eigenvalue weighted by molar-refractivity contribution is 0.667. The van der Waals surface area contributed by atoms with Crippen molar-refractivity contribution in [1.82, 2.24) is 4.98 Å². The van der Waals surface area contributed by atoms with E-state index < -0.39 is 0 Å². The van der Waals surface area contributed by atoms with E-state index in [4.69, 9.17) is 0 Å². The van der Waals surface area contributed by atoms with Gasteiger partial charge < -0.3 is 0 Å². The van der Waals surface area contributed by atoms with Gasteiger partial charge in [-0.25, -0.2) is 0 Å². The minimum Gasteiger partial charge on any atom is -0.260 e. The van der Waals surface area contributed by atoms with Crippen molar-refractivity contribution in [1.29, 1.82) is 0 Å². The Kier molecular flexibility index (Phi) is 1.42. The average molecular weight is 132 g/mol. The Morgan fingerprint density at radius 1 is 1.30 bits per heavy atom. The number of rotatable bonds is 0. The Morgan fingerprint density at radius 3 is 3.10 bits per heavy atom. The van der Waals surface area contributed by atoms with Gasteiger partial charge in [0.15, 0.2) is 0 Å². The second-order valence-corrected chi connectivity index (χ2v) is 2.75. The van der Waals surface area contributed by atoms with Crippen LogP contribution >= 0.6 is 0 Å². The summed E-state index contributed by atoms with van der Waals surface area (Å²) in [5, 5.41) is 0. The Morgan fingerprint density at radius 2 is 2.20 bits per heavy atom. The molecule has 51 valence electrons. The summed E-state index contributed by atoms with van der Waals surface area (Å²) in [5.74, 6) is 0. The molecule has 1 heteroatoms. The fraction of sp³-hybridized carbons (Fsp3) is 0.444. The largest absolute Gasteiger partial charge is 0.260 e. The molecule has 0 saturated heterocycles. The van der Waals surface area contributed by atoms with Gasteiger partial charge in [-0.15, -0.1) is 0 Å². The van der Waals surface area contributed by atoms with Crippen molar-refractivity contribution in [2.45, 2.75) is 25.7 Å². The van der Waals surface area contributed by atoms with Crippen LogP contribution in [-0.4, -0.2) is 4.98 Å². The van der Waals surface area contributed by atoms with Gasteiger partial charge in [0.05, 0.1) is 0 Å². The maximum atomic E-state index is 4.26. The number of fused-ring (bicyclic) bond motifs is 1. The van der Waals surface area contributed by atoms with Crippen LogP contribution in [0.4, 0.5) is 0 Å². The van der Waals surface area contributed by atoms with E-state index in [0.29, 0.717) is 0 Å². The maximum absolute atomic E-state index is 4.26. The SMILES string of the molecule is [c]1cnc2c(c1)CCCC2. The standard InChI is InChI=1S/C9H10N/c1-2-6-9-8(4-1)5-3-7-10-9/h5,7H,1-2,4,6H2. The van der Waals surface area contributed by atoms with E-state index in [1.165, 1.54) is 36.9 Å². The first kappa shape index (κ1) is 5.90. The van der Waals surface area contributed by atoms with Gasteiger partial charge in [0, 0.05) is 18.0 Å². The number of nitrogens with zero attached hydrogens (tertiary/aromatic N) is 1. The average Bonchev–Trinajstić information content (AvgIpc) is 2.05. The van der Waals surface area contributed by atoms with Crippen molar-refractivity contribution in [3.05, 3.63) is 29.6 Å². The summed E-state index contributed by atoms with van der Waals surface area (Å²) < 4.78 is 0. The van der Waals surface area contributed by atoms with Crippen LogP contribution in [0.2, 0.25) is 0 Å². The van der Waals surface area contributed by atoms with Crippen LogP contribution in [0, 0.1) is 6.07 Å². The predicted molar refractivity (Wildman–Crippen MR) is 39.7 cm³/mol. The second kappa shape index (κ2) is 2.41. The summed E-state index contributed by atoms with van der Waals surface area (Å²) >= 11 is 0. The van der Waals surface area contributed by atoms with E-state index in [0.717, 1.165) is 0 Å². The van der Waals surface area contributed by atoms with Gasteiger partial charge in [0.1, 0.15) is 0 Å². The first-order valence-electron chi connectivity index (χ1n) is 3.80. The molecular formula is C9H10N. The molecule has 0 atom stereocenters. The van der Waals surface area contributed by atoms with Gasteiger partial charge in [-0.3, -0.25) is 4.98 Å². The molecule has 0 spiro atoms. The normalized spacial score (nSPS) is 16.4. The quantitative estimate of drug-likeness (QED) is 0.524. The molecular weight excluding hydrogens is 122 g/mol. The van der Waals surface area contributed by atoms with Gasteiger partial charge in [-0.2, -0.15) is 0 Å². The summed E-state index contributed by atoms with van der Waals surface area (Å²) in [6.07, 6.45) is 6.78. The molecule has 1 aliphatic rings. The minimum absolute atomic E-state index is 1.17. The molecule has 1 aromatic heterocycles. The lowest BCUT2D eigenvalue weighted by atomic mass is 9.96. The van der Waals surface area contributed by atoms with E-state index in [-0.39, 0.29) is 0 Å². The topological polar surface area (TPSA) is 12.9 Å². The summed E-state index contributed by atoms with van der Waals surface area (Å²) in [6, 6.07) is 5.08. The van der Waals surface area contributed by atoms with Crippen LogP contribution in [0.1, 0.15) is 24.1 Å². The van der Waals surface area contributed by atoms with E-state index in [1.807, 2.05) is 0 Å². The van der Waals surface area contributed by atoms with E-state index in [9.17, 15) is 0 Å². The molecule has 1 heterocycles. The van der Waals surface area contributed by atoms with Crippen molar-refractivity contribution < 1.29 is 0 Å². The summed E-state index contributed by atoms with van der Waals surface area (Å²) in [4.78, 5) is 4.26. The second-order valence-electron chi connectivity index (χ2n) is 2.75. The van der Waals surface area contributed by atoms with Gasteiger partial charge >= 0.3 is 0 Å². The molecule has 1 nitrogen and oxygen atoms in total. The van der Waals surface area contributed by atoms with Crippen LogP contribution in [0.15, 0.2) is 12.3 Å². The third-order valence-corrected chi connectivity index (χ3v) is 2.03. The van der Waals surface area contributed by atoms with Crippen LogP contribution in [0.5, 0.6) is 0 Å². The van der Waals surface area contributed by atoms with Gasteiger partial charge in [0.25, 0.3) is 0 Å². The monoisotopic (exact) mass is 132 g/mol. The molecule has 0 saturated carbocycles. The molecule has 10 heavy (non-hydrogen) atoms. The van der Waals surface area contributed by atoms with Crippen LogP contribution in [0.25, 0.3) is 0 Å². The van der Waals surface area contributed by atoms with Gasteiger partial charge in [-0.1, -0.05) is 0 Å². The van der Waals surface area contributed by atoms with Crippen LogP contribution in [-0.2, 0) is 12.8 Å². The van der Waals surface area contributed by atoms with Gasteiger partial charge in [-0.05, 0) is 37.3 Å². The molecule has 0 amide bonds. The number of pyridine rings is 1. The van der Waals surface area contributed by atoms with Gasteiger partial charge in [0.2, 0.25) is 0 Å². The highest BCUT2D eigenvalue weighted by Crippen LogP contribution is 2.17. The summed E-state index contributed by atoms with van der Waals surface area (Å²) in [5.41, 5.74) is 2.71. The fourth-order valence-corrected chi connectivity index (χ4v) is 1.47. The number of aryl methyl sites for hydroxylation is 2. The van der Waals surface area contributed by atoms with E-state index in [1.54, 1.807) is 6.20 Å². The first-order chi connectivity index (χ1) is 4.97. The Bertz CT molecular complexity index is 205. The molecule has 0 bridgehead atoms. The molecule has 0 N–H and O–H groups in total. The van der Waals surface area contributed by atoms with Crippen molar-refractivity contribution in [3.8, 4) is 0 Å². The zero-order valence-corrected chi connectivity index (χ0v) is 5.93. The highest BCUT2D eigenvalue weighted by Gasteiger charge is 2.07. The Labute approximate surface area is 61.1 Å². The third-order valence-electron chi connectivity index (χ3n) is 2.03. The van der Waals surface area contributed by atoms with Crippen molar-refractivity contribution in [2.24, 2.45) is 0 Å². The molecule has 1 aromatic rings. The van der Waals surface area contributed by atoms with Crippen molar-refractivity contribution in [3.63, 3.8) is 0 Å². The molecule has 0 aromatic carbocycles. The fourth-order valence-electron chi connectivity index (χ4n) is 1.47. The number of hydrogen-bond donors (Lipinski definition) is 0. The number of hydrogen-bond acceptors (Lipinski definition) is 1. The number of aromatic nitrogens is 1. The predicted octanol–water partition coefficient (Wildman–Crippen LogP) is 1.76. The lowest BCUT2D eigenvalue weighted by Crippen LogP contribution is -2.03. The Balaban J connectivity index is 2.41. The smallest absolute Gasteiger partial charge is 0.0436 e.